The van der Waals surface area contributed by atoms with Gasteiger partial charge in [-0.3, -0.25) is 4.79 Å². The number of aryl methyl sites for hydroxylation is 1. The Morgan fingerprint density at radius 3 is 1.82 bits per heavy atom. The molecule has 0 aliphatic carbocycles. The number of carbonyl (C=O) groups excluding carboxylic acids is 1. The molecule has 4 heteroatoms. The van der Waals surface area contributed by atoms with Crippen LogP contribution in [-0.2, 0) is 17.8 Å². The highest BCUT2D eigenvalue weighted by molar-refractivity contribution is 5.79. The largest absolute Gasteiger partial charge is 0.346 e. The zero-order valence-electron chi connectivity index (χ0n) is 24.8. The Morgan fingerprint density at radius 2 is 1.23 bits per heavy atom. The van der Waals surface area contributed by atoms with E-state index in [4.69, 9.17) is 4.98 Å². The number of benzene rings is 2. The van der Waals surface area contributed by atoms with Crippen LogP contribution >= 0.6 is 0 Å². The molecule has 0 radical (unpaired) electrons. The van der Waals surface area contributed by atoms with Crippen LogP contribution in [0, 0.1) is 0 Å². The lowest BCUT2D eigenvalue weighted by molar-refractivity contribution is -0.121. The summed E-state index contributed by atoms with van der Waals surface area (Å²) in [6.45, 7) is 5.29. The van der Waals surface area contributed by atoms with Crippen LogP contribution in [0.15, 0.2) is 54.6 Å². The first-order chi connectivity index (χ1) is 19.2. The molecule has 39 heavy (non-hydrogen) atoms. The summed E-state index contributed by atoms with van der Waals surface area (Å²) in [6.07, 6.45) is 22.4. The third kappa shape index (κ3) is 11.6. The minimum atomic E-state index is -0.130. The molecule has 214 valence electrons. The average molecular weight is 532 g/mol. The molecule has 0 aliphatic rings. The highest BCUT2D eigenvalue weighted by Gasteiger charge is 2.18. The van der Waals surface area contributed by atoms with Crippen LogP contribution in [0.3, 0.4) is 0 Å². The predicted molar refractivity (Wildman–Crippen MR) is 166 cm³/mol. The molecule has 0 bridgehead atoms. The molecule has 0 spiro atoms. The molecule has 0 aliphatic heterocycles. The lowest BCUT2D eigenvalue weighted by Gasteiger charge is -2.16. The topological polar surface area (TPSA) is 46.9 Å². The van der Waals surface area contributed by atoms with Crippen molar-refractivity contribution in [3.63, 3.8) is 0 Å². The fourth-order valence-electron chi connectivity index (χ4n) is 5.62. The second-order valence-electron chi connectivity index (χ2n) is 11.4. The molecule has 3 aromatic rings. The summed E-state index contributed by atoms with van der Waals surface area (Å²) in [7, 11) is 0. The Kier molecular flexibility index (Phi) is 14.8. The summed E-state index contributed by atoms with van der Waals surface area (Å²) >= 11 is 0. The summed E-state index contributed by atoms with van der Waals surface area (Å²) < 4.78 is 2.33. The lowest BCUT2D eigenvalue weighted by atomic mass is 10.0. The van der Waals surface area contributed by atoms with Gasteiger partial charge in [-0.05, 0) is 31.0 Å². The fourth-order valence-corrected chi connectivity index (χ4v) is 5.62. The molecule has 2 aromatic carbocycles. The Hall–Kier alpha value is -2.62. The van der Waals surface area contributed by atoms with Gasteiger partial charge in [0, 0.05) is 6.54 Å². The van der Waals surface area contributed by atoms with E-state index in [0.717, 1.165) is 35.4 Å². The first-order valence-electron chi connectivity index (χ1n) is 16.0. The van der Waals surface area contributed by atoms with Gasteiger partial charge >= 0.3 is 0 Å². The van der Waals surface area contributed by atoms with E-state index in [0.29, 0.717) is 6.42 Å². The van der Waals surface area contributed by atoms with Gasteiger partial charge < -0.3 is 9.88 Å². The molecule has 0 fully saturated rings. The Bertz CT molecular complexity index is 1060. The maximum atomic E-state index is 12.7. The van der Waals surface area contributed by atoms with Crippen molar-refractivity contribution in [3.05, 3.63) is 66.0 Å². The van der Waals surface area contributed by atoms with Crippen molar-refractivity contribution in [1.29, 1.82) is 0 Å². The van der Waals surface area contributed by atoms with Gasteiger partial charge in [0.2, 0.25) is 5.91 Å². The highest BCUT2D eigenvalue weighted by Crippen LogP contribution is 2.22. The van der Waals surface area contributed by atoms with E-state index in [9.17, 15) is 4.79 Å². The van der Waals surface area contributed by atoms with Crippen LogP contribution in [-0.4, -0.2) is 15.5 Å². The van der Waals surface area contributed by atoms with Crippen LogP contribution in [0.4, 0.5) is 0 Å². The summed E-state index contributed by atoms with van der Waals surface area (Å²) in [5.41, 5.74) is 3.20. The zero-order chi connectivity index (χ0) is 27.5. The molecule has 1 unspecified atom stereocenters. The maximum Gasteiger partial charge on any atom is 0.224 e. The number of unbranched alkanes of at least 4 members (excludes halogenated alkanes) is 15. The lowest BCUT2D eigenvalue weighted by Crippen LogP contribution is -2.30. The number of aromatic nitrogens is 2. The monoisotopic (exact) mass is 531 g/mol. The molecule has 1 N–H and O–H groups in total. The number of fused-ring (bicyclic) bond motifs is 1. The third-order valence-corrected chi connectivity index (χ3v) is 7.89. The number of para-hydroxylation sites is 2. The SMILES string of the molecule is CCCCCCCCCCCCCCCCCCn1c(C(C)NC(=O)Cc2ccccc2)nc2ccccc21. The van der Waals surface area contributed by atoms with E-state index in [1.165, 1.54) is 96.3 Å². The number of hydrogen-bond acceptors (Lipinski definition) is 2. The molecule has 4 nitrogen and oxygen atoms in total. The van der Waals surface area contributed by atoms with Crippen molar-refractivity contribution >= 4 is 16.9 Å². The molecular formula is C35H53N3O. The average Bonchev–Trinajstić information content (AvgIpc) is 3.32. The van der Waals surface area contributed by atoms with E-state index in [2.05, 4.69) is 35.0 Å². The van der Waals surface area contributed by atoms with Gasteiger partial charge in [-0.15, -0.1) is 0 Å². The molecule has 1 atom stereocenters. The van der Waals surface area contributed by atoms with Gasteiger partial charge in [0.25, 0.3) is 0 Å². The minimum Gasteiger partial charge on any atom is -0.346 e. The summed E-state index contributed by atoms with van der Waals surface area (Å²) in [5, 5.41) is 3.18. The van der Waals surface area contributed by atoms with Gasteiger partial charge in [-0.25, -0.2) is 4.98 Å². The van der Waals surface area contributed by atoms with Crippen molar-refractivity contribution in [2.24, 2.45) is 0 Å². The van der Waals surface area contributed by atoms with Crippen LogP contribution in [0.2, 0.25) is 0 Å². The van der Waals surface area contributed by atoms with E-state index in [-0.39, 0.29) is 11.9 Å². The van der Waals surface area contributed by atoms with Crippen LogP contribution in [0.25, 0.3) is 11.0 Å². The van der Waals surface area contributed by atoms with Crippen LogP contribution in [0.5, 0.6) is 0 Å². The summed E-state index contributed by atoms with van der Waals surface area (Å²) in [5.74, 6) is 0.994. The normalized spacial score (nSPS) is 12.2. The smallest absolute Gasteiger partial charge is 0.224 e. The Balaban J connectivity index is 1.32. The van der Waals surface area contributed by atoms with E-state index >= 15 is 0 Å². The van der Waals surface area contributed by atoms with E-state index < -0.39 is 0 Å². The Labute approximate surface area is 238 Å². The number of rotatable bonds is 21. The van der Waals surface area contributed by atoms with Crippen molar-refractivity contribution in [2.45, 2.75) is 136 Å². The molecule has 0 saturated carbocycles. The summed E-state index contributed by atoms with van der Waals surface area (Å²) in [4.78, 5) is 17.6. The summed E-state index contributed by atoms with van der Waals surface area (Å²) in [6, 6.07) is 18.1. The highest BCUT2D eigenvalue weighted by atomic mass is 16.1. The second kappa shape index (κ2) is 18.6. The van der Waals surface area contributed by atoms with Gasteiger partial charge in [0.15, 0.2) is 0 Å². The molecular weight excluding hydrogens is 478 g/mol. The minimum absolute atomic E-state index is 0.0368. The second-order valence-corrected chi connectivity index (χ2v) is 11.4. The molecule has 3 rings (SSSR count). The molecule has 1 aromatic heterocycles. The predicted octanol–water partition coefficient (Wildman–Crippen LogP) is 9.72. The van der Waals surface area contributed by atoms with E-state index in [1.807, 2.05) is 43.3 Å². The fraction of sp³-hybridized carbons (Fsp3) is 0.600. The van der Waals surface area contributed by atoms with Crippen molar-refractivity contribution in [1.82, 2.24) is 14.9 Å². The van der Waals surface area contributed by atoms with Gasteiger partial charge in [-0.2, -0.15) is 0 Å². The van der Waals surface area contributed by atoms with Crippen LogP contribution in [0.1, 0.15) is 134 Å². The number of carbonyl (C=O) groups is 1. The maximum absolute atomic E-state index is 12.7. The zero-order valence-corrected chi connectivity index (χ0v) is 24.8. The van der Waals surface area contributed by atoms with Crippen molar-refractivity contribution in [2.75, 3.05) is 0 Å². The van der Waals surface area contributed by atoms with Gasteiger partial charge in [0.1, 0.15) is 5.82 Å². The number of amides is 1. The number of hydrogen-bond donors (Lipinski definition) is 1. The first kappa shape index (κ1) is 30.9. The quantitative estimate of drug-likeness (QED) is 0.139. The van der Waals surface area contributed by atoms with E-state index in [1.54, 1.807) is 0 Å². The Morgan fingerprint density at radius 1 is 0.718 bits per heavy atom. The van der Waals surface area contributed by atoms with Gasteiger partial charge in [-0.1, -0.05) is 146 Å². The van der Waals surface area contributed by atoms with Gasteiger partial charge in [0.05, 0.1) is 23.5 Å². The van der Waals surface area contributed by atoms with Crippen molar-refractivity contribution < 1.29 is 4.79 Å². The number of nitrogens with one attached hydrogen (secondary N) is 1. The van der Waals surface area contributed by atoms with Crippen LogP contribution < -0.4 is 5.32 Å². The standard InChI is InChI=1S/C35H53N3O/c1-3-4-5-6-7-8-9-10-11-12-13-14-15-16-17-23-28-38-33-27-22-21-26-32(33)37-35(38)30(2)36-34(39)29-31-24-19-18-20-25-31/h18-22,24-27,30H,3-17,23,28-29H2,1-2H3,(H,36,39). The number of nitrogens with zero attached hydrogens (tertiary/aromatic N) is 2. The molecule has 1 heterocycles. The van der Waals surface area contributed by atoms with Crippen molar-refractivity contribution in [3.8, 4) is 0 Å². The molecule has 1 amide bonds. The molecule has 0 saturated heterocycles. The third-order valence-electron chi connectivity index (χ3n) is 7.89. The first-order valence-corrected chi connectivity index (χ1v) is 16.0. The number of imidazole rings is 1.